The zero-order chi connectivity index (χ0) is 27.6. The van der Waals surface area contributed by atoms with E-state index in [0.717, 1.165) is 6.42 Å². The molecule has 0 spiro atoms. The molecule has 2 N–H and O–H groups in total. The first-order chi connectivity index (χ1) is 19.5. The van der Waals surface area contributed by atoms with Crippen LogP contribution in [0.15, 0.2) is 55.0 Å². The van der Waals surface area contributed by atoms with Gasteiger partial charge in [-0.2, -0.15) is 0 Å². The summed E-state index contributed by atoms with van der Waals surface area (Å²) in [7, 11) is 1.51. The van der Waals surface area contributed by atoms with E-state index in [4.69, 9.17) is 14.2 Å². The molecule has 2 aromatic carbocycles. The second-order valence-corrected chi connectivity index (χ2v) is 10.3. The van der Waals surface area contributed by atoms with E-state index in [-0.39, 0.29) is 12.4 Å². The summed E-state index contributed by atoms with van der Waals surface area (Å²) < 4.78 is 32.7. The lowest BCUT2D eigenvalue weighted by Gasteiger charge is -2.22. The first-order valence-electron chi connectivity index (χ1n) is 12.6. The third-order valence-electron chi connectivity index (χ3n) is 6.59. The van der Waals surface area contributed by atoms with Crippen LogP contribution in [0, 0.1) is 5.82 Å². The van der Waals surface area contributed by atoms with Crippen molar-refractivity contribution in [2.75, 3.05) is 12.4 Å². The summed E-state index contributed by atoms with van der Waals surface area (Å²) in [6.45, 7) is -0.190. The molecule has 1 aliphatic rings. The highest BCUT2D eigenvalue weighted by Crippen LogP contribution is 2.38. The summed E-state index contributed by atoms with van der Waals surface area (Å²) in [5.74, 6) is -0.145. The SMILES string of the molecule is COc1cnc2c(-c3nc4cc(F)c(OC5CCCC5OC(=O)Nc5cccnc5)cc4s3)cc(CO)cc2n1. The molecule has 5 aromatic rings. The molecule has 12 heteroatoms. The molecule has 1 fully saturated rings. The Morgan fingerprint density at radius 2 is 2.02 bits per heavy atom. The number of nitrogens with zero attached hydrogens (tertiary/aromatic N) is 4. The molecular formula is C28H24FN5O5S. The van der Waals surface area contributed by atoms with Crippen LogP contribution in [0.3, 0.4) is 0 Å². The van der Waals surface area contributed by atoms with Gasteiger partial charge in [-0.15, -0.1) is 11.3 Å². The Hall–Kier alpha value is -4.42. The van der Waals surface area contributed by atoms with Crippen molar-refractivity contribution in [3.8, 4) is 22.2 Å². The van der Waals surface area contributed by atoms with Crippen molar-refractivity contribution >= 4 is 44.4 Å². The Labute approximate surface area is 231 Å². The molecule has 3 heterocycles. The van der Waals surface area contributed by atoms with Crippen LogP contribution in [0.5, 0.6) is 11.6 Å². The van der Waals surface area contributed by atoms with Gasteiger partial charge in [-0.3, -0.25) is 10.3 Å². The molecule has 0 bridgehead atoms. The molecule has 0 radical (unpaired) electrons. The van der Waals surface area contributed by atoms with Gasteiger partial charge >= 0.3 is 6.09 Å². The summed E-state index contributed by atoms with van der Waals surface area (Å²) in [6, 6.07) is 9.89. The van der Waals surface area contributed by atoms with Crippen LogP contribution in [0.4, 0.5) is 14.9 Å². The zero-order valence-corrected chi connectivity index (χ0v) is 22.2. The van der Waals surface area contributed by atoms with Gasteiger partial charge in [-0.1, -0.05) is 0 Å². The Morgan fingerprint density at radius 1 is 1.15 bits per heavy atom. The minimum absolute atomic E-state index is 0.0642. The number of rotatable bonds is 7. The van der Waals surface area contributed by atoms with Gasteiger partial charge in [0.15, 0.2) is 11.6 Å². The normalized spacial score (nSPS) is 16.8. The second kappa shape index (κ2) is 11.0. The fourth-order valence-corrected chi connectivity index (χ4v) is 5.69. The Morgan fingerprint density at radius 3 is 2.83 bits per heavy atom. The maximum atomic E-state index is 15.2. The number of hydrogen-bond donors (Lipinski definition) is 2. The van der Waals surface area contributed by atoms with Crippen LogP contribution < -0.4 is 14.8 Å². The molecule has 1 aliphatic carbocycles. The van der Waals surface area contributed by atoms with Crippen LogP contribution in [0.25, 0.3) is 31.8 Å². The summed E-state index contributed by atoms with van der Waals surface area (Å²) >= 11 is 1.35. The lowest BCUT2D eigenvalue weighted by atomic mass is 10.1. The Kier molecular flexibility index (Phi) is 7.10. The number of methoxy groups -OCH3 is 1. The van der Waals surface area contributed by atoms with Gasteiger partial charge < -0.3 is 19.3 Å². The minimum Gasteiger partial charge on any atom is -0.483 e. The van der Waals surface area contributed by atoms with E-state index in [9.17, 15) is 9.90 Å². The van der Waals surface area contributed by atoms with Gasteiger partial charge in [-0.25, -0.2) is 24.1 Å². The van der Waals surface area contributed by atoms with Gasteiger partial charge in [0.1, 0.15) is 17.2 Å². The first kappa shape index (κ1) is 25.8. The summed E-state index contributed by atoms with van der Waals surface area (Å²) in [6.07, 6.45) is 5.03. The average molecular weight is 562 g/mol. The Bertz CT molecular complexity index is 1690. The number of carbonyl (C=O) groups is 1. The number of aliphatic hydroxyl groups is 1. The van der Waals surface area contributed by atoms with Crippen molar-refractivity contribution in [3.05, 3.63) is 66.4 Å². The van der Waals surface area contributed by atoms with Crippen molar-refractivity contribution in [1.82, 2.24) is 19.9 Å². The van der Waals surface area contributed by atoms with Gasteiger partial charge in [-0.05, 0) is 49.1 Å². The van der Waals surface area contributed by atoms with E-state index in [1.165, 1.54) is 36.9 Å². The quantitative estimate of drug-likeness (QED) is 0.265. The van der Waals surface area contributed by atoms with E-state index in [0.29, 0.717) is 61.8 Å². The summed E-state index contributed by atoms with van der Waals surface area (Å²) in [5, 5.41) is 13.0. The number of thiazole rings is 1. The number of nitrogens with one attached hydrogen (secondary N) is 1. The fraction of sp³-hybridized carbons (Fsp3) is 0.250. The lowest BCUT2D eigenvalue weighted by Crippen LogP contribution is -2.32. The second-order valence-electron chi connectivity index (χ2n) is 9.25. The third kappa shape index (κ3) is 5.23. The molecule has 3 aromatic heterocycles. The lowest BCUT2D eigenvalue weighted by molar-refractivity contribution is 0.0401. The predicted octanol–water partition coefficient (Wildman–Crippen LogP) is 5.49. The summed E-state index contributed by atoms with van der Waals surface area (Å²) in [4.78, 5) is 29.9. The predicted molar refractivity (Wildman–Crippen MR) is 147 cm³/mol. The number of anilines is 1. The number of halogens is 1. The average Bonchev–Trinajstić information content (AvgIpc) is 3.58. The molecular weight excluding hydrogens is 537 g/mol. The van der Waals surface area contributed by atoms with Gasteiger partial charge in [0, 0.05) is 23.9 Å². The largest absolute Gasteiger partial charge is 0.483 e. The van der Waals surface area contributed by atoms with Crippen LogP contribution in [-0.4, -0.2) is 50.5 Å². The minimum atomic E-state index is -0.616. The molecule has 1 saturated carbocycles. The van der Waals surface area contributed by atoms with Gasteiger partial charge in [0.25, 0.3) is 0 Å². The monoisotopic (exact) mass is 561 g/mol. The van der Waals surface area contributed by atoms with E-state index < -0.39 is 24.1 Å². The highest BCUT2D eigenvalue weighted by molar-refractivity contribution is 7.21. The number of amides is 1. The number of hydrogen-bond acceptors (Lipinski definition) is 10. The number of fused-ring (bicyclic) bond motifs is 2. The van der Waals surface area contributed by atoms with Crippen molar-refractivity contribution in [1.29, 1.82) is 0 Å². The molecule has 0 aliphatic heterocycles. The molecule has 40 heavy (non-hydrogen) atoms. The molecule has 204 valence electrons. The number of aromatic nitrogens is 4. The Balaban J connectivity index is 1.25. The standard InChI is InChI=1S/C28H24FN5O5S/c1-37-25-13-31-26-17(8-15(14-35)9-20(26)33-25)27-34-19-10-18(29)23(11-24(19)40-27)38-21-5-2-6-22(21)39-28(36)32-16-4-3-7-30-12-16/h3-4,7-13,21-22,35H,2,5-6,14H2,1H3,(H,32,36). The highest BCUT2D eigenvalue weighted by atomic mass is 32.1. The van der Waals surface area contributed by atoms with Crippen LogP contribution in [0.1, 0.15) is 24.8 Å². The van der Waals surface area contributed by atoms with Crippen molar-refractivity contribution < 1.29 is 28.5 Å². The number of benzene rings is 2. The topological polar surface area (TPSA) is 129 Å². The van der Waals surface area contributed by atoms with Crippen LogP contribution in [-0.2, 0) is 11.3 Å². The first-order valence-corrected chi connectivity index (χ1v) is 13.4. The number of aliphatic hydroxyl groups excluding tert-OH is 1. The van der Waals surface area contributed by atoms with Crippen molar-refractivity contribution in [2.45, 2.75) is 38.1 Å². The summed E-state index contributed by atoms with van der Waals surface area (Å²) in [5.41, 5.74) is 3.43. The fourth-order valence-electron chi connectivity index (χ4n) is 4.70. The van der Waals surface area contributed by atoms with Crippen LogP contribution in [0.2, 0.25) is 0 Å². The number of pyridine rings is 1. The van der Waals surface area contributed by atoms with Crippen LogP contribution >= 0.6 is 11.3 Å². The molecule has 2 unspecified atom stereocenters. The molecule has 6 rings (SSSR count). The third-order valence-corrected chi connectivity index (χ3v) is 7.64. The zero-order valence-electron chi connectivity index (χ0n) is 21.3. The van der Waals surface area contributed by atoms with E-state index in [1.807, 2.05) is 0 Å². The maximum Gasteiger partial charge on any atom is 0.412 e. The smallest absolute Gasteiger partial charge is 0.412 e. The van der Waals surface area contributed by atoms with E-state index >= 15 is 4.39 Å². The molecule has 0 saturated heterocycles. The van der Waals surface area contributed by atoms with Gasteiger partial charge in [0.05, 0.1) is 53.0 Å². The van der Waals surface area contributed by atoms with E-state index in [2.05, 4.69) is 25.3 Å². The number of carbonyl (C=O) groups excluding carboxylic acids is 1. The highest BCUT2D eigenvalue weighted by Gasteiger charge is 2.33. The van der Waals surface area contributed by atoms with E-state index in [1.54, 1.807) is 36.5 Å². The molecule has 1 amide bonds. The number of ether oxygens (including phenoxy) is 3. The van der Waals surface area contributed by atoms with Gasteiger partial charge in [0.2, 0.25) is 5.88 Å². The van der Waals surface area contributed by atoms with Crippen molar-refractivity contribution in [3.63, 3.8) is 0 Å². The maximum absolute atomic E-state index is 15.2. The molecule has 10 nitrogen and oxygen atoms in total. The van der Waals surface area contributed by atoms with Crippen molar-refractivity contribution in [2.24, 2.45) is 0 Å². The molecule has 2 atom stereocenters.